The Kier molecular flexibility index (Phi) is 5.98. The SMILES string of the molecule is FC(F)COCCNCC1CCC2(CCCCC2)O1. The molecular formula is C14H25F2NO2. The number of alkyl halides is 2. The summed E-state index contributed by atoms with van der Waals surface area (Å²) >= 11 is 0. The van der Waals surface area contributed by atoms with E-state index in [1.54, 1.807) is 0 Å². The van der Waals surface area contributed by atoms with Gasteiger partial charge in [0.1, 0.15) is 6.61 Å². The lowest BCUT2D eigenvalue weighted by Crippen LogP contribution is -2.35. The third kappa shape index (κ3) is 4.97. The van der Waals surface area contributed by atoms with E-state index in [1.807, 2.05) is 0 Å². The summed E-state index contributed by atoms with van der Waals surface area (Å²) in [5.41, 5.74) is 0.163. The first kappa shape index (κ1) is 15.1. The molecule has 0 radical (unpaired) electrons. The van der Waals surface area contributed by atoms with Crippen LogP contribution in [0.2, 0.25) is 0 Å². The van der Waals surface area contributed by atoms with Crippen molar-refractivity contribution in [2.75, 3.05) is 26.3 Å². The zero-order chi connectivity index (χ0) is 13.6. The molecule has 5 heteroatoms. The molecule has 1 unspecified atom stereocenters. The van der Waals surface area contributed by atoms with E-state index in [0.29, 0.717) is 13.2 Å². The third-order valence-corrected chi connectivity index (χ3v) is 4.14. The Morgan fingerprint density at radius 2 is 2.00 bits per heavy atom. The second-order valence-corrected chi connectivity index (χ2v) is 5.69. The molecule has 0 aromatic heterocycles. The van der Waals surface area contributed by atoms with Crippen LogP contribution in [0, 0.1) is 0 Å². The standard InChI is InChI=1S/C14H25F2NO2/c15-13(16)11-18-9-8-17-10-12-4-7-14(19-12)5-2-1-3-6-14/h12-13,17H,1-11H2. The maximum atomic E-state index is 11.8. The van der Waals surface area contributed by atoms with Crippen LogP contribution in [0.3, 0.4) is 0 Å². The molecule has 2 aliphatic rings. The Bertz CT molecular complexity index is 258. The summed E-state index contributed by atoms with van der Waals surface area (Å²) in [6.45, 7) is 1.28. The first-order valence-electron chi connectivity index (χ1n) is 7.45. The molecule has 2 rings (SSSR count). The van der Waals surface area contributed by atoms with Gasteiger partial charge in [0.25, 0.3) is 6.43 Å². The molecule has 0 aromatic rings. The average molecular weight is 277 g/mol. The summed E-state index contributed by atoms with van der Waals surface area (Å²) in [5, 5.41) is 3.23. The summed E-state index contributed by atoms with van der Waals surface area (Å²) in [4.78, 5) is 0. The maximum Gasteiger partial charge on any atom is 0.261 e. The van der Waals surface area contributed by atoms with Crippen molar-refractivity contribution in [3.63, 3.8) is 0 Å². The third-order valence-electron chi connectivity index (χ3n) is 4.14. The van der Waals surface area contributed by atoms with Gasteiger partial charge in [-0.25, -0.2) is 8.78 Å². The normalized spacial score (nSPS) is 26.4. The van der Waals surface area contributed by atoms with Crippen molar-refractivity contribution in [1.82, 2.24) is 5.32 Å². The topological polar surface area (TPSA) is 30.5 Å². The van der Waals surface area contributed by atoms with Crippen molar-refractivity contribution >= 4 is 0 Å². The van der Waals surface area contributed by atoms with E-state index in [0.717, 1.165) is 13.0 Å². The van der Waals surface area contributed by atoms with Crippen LogP contribution >= 0.6 is 0 Å². The van der Waals surface area contributed by atoms with Crippen molar-refractivity contribution in [2.24, 2.45) is 0 Å². The summed E-state index contributed by atoms with van der Waals surface area (Å²) in [5.74, 6) is 0. The Labute approximate surface area is 114 Å². The molecule has 2 fully saturated rings. The van der Waals surface area contributed by atoms with Crippen molar-refractivity contribution < 1.29 is 18.3 Å². The zero-order valence-electron chi connectivity index (χ0n) is 11.5. The monoisotopic (exact) mass is 277 g/mol. The van der Waals surface area contributed by atoms with Crippen LogP contribution in [0.25, 0.3) is 0 Å². The lowest BCUT2D eigenvalue weighted by Gasteiger charge is -2.33. The van der Waals surface area contributed by atoms with Gasteiger partial charge in [0.2, 0.25) is 0 Å². The van der Waals surface area contributed by atoms with Gasteiger partial charge in [-0.3, -0.25) is 0 Å². The van der Waals surface area contributed by atoms with E-state index >= 15 is 0 Å². The number of hydrogen-bond acceptors (Lipinski definition) is 3. The average Bonchev–Trinajstić information content (AvgIpc) is 2.77. The van der Waals surface area contributed by atoms with Crippen LogP contribution in [0.5, 0.6) is 0 Å². The highest BCUT2D eigenvalue weighted by atomic mass is 19.3. The minimum absolute atomic E-state index is 0.163. The van der Waals surface area contributed by atoms with Crippen molar-refractivity contribution in [2.45, 2.75) is 63.1 Å². The van der Waals surface area contributed by atoms with Gasteiger partial charge in [-0.1, -0.05) is 19.3 Å². The van der Waals surface area contributed by atoms with Gasteiger partial charge in [0, 0.05) is 13.1 Å². The highest BCUT2D eigenvalue weighted by Crippen LogP contribution is 2.41. The minimum Gasteiger partial charge on any atom is -0.374 e. The van der Waals surface area contributed by atoms with Gasteiger partial charge >= 0.3 is 0 Å². The van der Waals surface area contributed by atoms with Gasteiger partial charge in [0.05, 0.1) is 18.3 Å². The van der Waals surface area contributed by atoms with E-state index < -0.39 is 13.0 Å². The van der Waals surface area contributed by atoms with Crippen molar-refractivity contribution in [1.29, 1.82) is 0 Å². The molecule has 1 aliphatic heterocycles. The molecule has 1 heterocycles. The van der Waals surface area contributed by atoms with Crippen LogP contribution in [-0.2, 0) is 9.47 Å². The molecule has 0 aromatic carbocycles. The van der Waals surface area contributed by atoms with Crippen LogP contribution < -0.4 is 5.32 Å². The van der Waals surface area contributed by atoms with Gasteiger partial charge in [-0.2, -0.15) is 0 Å². The van der Waals surface area contributed by atoms with Crippen molar-refractivity contribution in [3.05, 3.63) is 0 Å². The van der Waals surface area contributed by atoms with Crippen LogP contribution in [0.4, 0.5) is 8.78 Å². The molecule has 1 saturated carbocycles. The molecule has 19 heavy (non-hydrogen) atoms. The fraction of sp³-hybridized carbons (Fsp3) is 1.00. The second kappa shape index (κ2) is 7.50. The van der Waals surface area contributed by atoms with E-state index in [1.165, 1.54) is 38.5 Å². The molecule has 1 spiro atoms. The summed E-state index contributed by atoms with van der Waals surface area (Å²) in [6, 6.07) is 0. The van der Waals surface area contributed by atoms with Crippen LogP contribution in [0.15, 0.2) is 0 Å². The van der Waals surface area contributed by atoms with Gasteiger partial charge in [-0.15, -0.1) is 0 Å². The van der Waals surface area contributed by atoms with Gasteiger partial charge < -0.3 is 14.8 Å². The largest absolute Gasteiger partial charge is 0.374 e. The first-order chi connectivity index (χ1) is 9.20. The molecule has 1 saturated heterocycles. The predicted octanol–water partition coefficient (Wildman–Crippen LogP) is 2.74. The number of hydrogen-bond donors (Lipinski definition) is 1. The summed E-state index contributed by atoms with van der Waals surface area (Å²) in [7, 11) is 0. The fourth-order valence-corrected chi connectivity index (χ4v) is 3.18. The van der Waals surface area contributed by atoms with Gasteiger partial charge in [0.15, 0.2) is 0 Å². The fourth-order valence-electron chi connectivity index (χ4n) is 3.18. The van der Waals surface area contributed by atoms with E-state index in [4.69, 9.17) is 9.47 Å². The van der Waals surface area contributed by atoms with E-state index in [9.17, 15) is 8.78 Å². The quantitative estimate of drug-likeness (QED) is 0.726. The Balaban J connectivity index is 1.53. The highest BCUT2D eigenvalue weighted by molar-refractivity contribution is 4.91. The molecule has 0 bridgehead atoms. The number of halogens is 2. The van der Waals surface area contributed by atoms with E-state index in [2.05, 4.69) is 5.32 Å². The smallest absolute Gasteiger partial charge is 0.261 e. The molecule has 0 amide bonds. The van der Waals surface area contributed by atoms with Crippen LogP contribution in [-0.4, -0.2) is 44.4 Å². The van der Waals surface area contributed by atoms with Gasteiger partial charge in [-0.05, 0) is 25.7 Å². The summed E-state index contributed by atoms with van der Waals surface area (Å²) < 4.78 is 34.7. The van der Waals surface area contributed by atoms with Crippen molar-refractivity contribution in [3.8, 4) is 0 Å². The predicted molar refractivity (Wildman–Crippen MR) is 69.6 cm³/mol. The Morgan fingerprint density at radius 3 is 2.74 bits per heavy atom. The second-order valence-electron chi connectivity index (χ2n) is 5.69. The van der Waals surface area contributed by atoms with E-state index in [-0.39, 0.29) is 11.7 Å². The molecule has 3 nitrogen and oxygen atoms in total. The lowest BCUT2D eigenvalue weighted by atomic mass is 9.83. The molecular weight excluding hydrogens is 252 g/mol. The number of nitrogens with one attached hydrogen (secondary N) is 1. The number of ether oxygens (including phenoxy) is 2. The summed E-state index contributed by atoms with van der Waals surface area (Å²) in [6.07, 6.45) is 6.56. The Morgan fingerprint density at radius 1 is 1.21 bits per heavy atom. The number of rotatable bonds is 7. The highest BCUT2D eigenvalue weighted by Gasteiger charge is 2.40. The lowest BCUT2D eigenvalue weighted by molar-refractivity contribution is -0.0627. The first-order valence-corrected chi connectivity index (χ1v) is 7.45. The minimum atomic E-state index is -2.37. The Hall–Kier alpha value is -0.260. The zero-order valence-corrected chi connectivity index (χ0v) is 11.5. The molecule has 1 atom stereocenters. The van der Waals surface area contributed by atoms with Crippen LogP contribution in [0.1, 0.15) is 44.9 Å². The molecule has 112 valence electrons. The maximum absolute atomic E-state index is 11.8. The molecule has 1 aliphatic carbocycles. The molecule has 1 N–H and O–H groups in total.